The van der Waals surface area contributed by atoms with E-state index in [0.717, 1.165) is 18.9 Å². The summed E-state index contributed by atoms with van der Waals surface area (Å²) >= 11 is 0. The highest BCUT2D eigenvalue weighted by molar-refractivity contribution is 6.04. The molecule has 0 saturated carbocycles. The zero-order chi connectivity index (χ0) is 20.6. The Hall–Kier alpha value is -1.88. The van der Waals surface area contributed by atoms with Gasteiger partial charge in [0.25, 0.3) is 0 Å². The van der Waals surface area contributed by atoms with Crippen LogP contribution in [0.2, 0.25) is 0 Å². The quantitative estimate of drug-likeness (QED) is 0.313. The molecule has 0 aliphatic rings. The third kappa shape index (κ3) is 11.1. The Labute approximate surface area is 170 Å². The molecule has 0 atom stereocenters. The summed E-state index contributed by atoms with van der Waals surface area (Å²) in [6.07, 6.45) is 10.9. The Bertz CT molecular complexity index is 571. The van der Waals surface area contributed by atoms with Crippen LogP contribution in [-0.2, 0) is 9.47 Å². The normalized spacial score (nSPS) is 11.0. The summed E-state index contributed by atoms with van der Waals surface area (Å²) in [5.41, 5.74) is 5.66. The minimum atomic E-state index is -0.633. The van der Waals surface area contributed by atoms with Crippen LogP contribution in [0.5, 0.6) is 0 Å². The third-order valence-electron chi connectivity index (χ3n) is 4.65. The summed E-state index contributed by atoms with van der Waals surface area (Å²) < 4.78 is 10.8. The first-order chi connectivity index (χ1) is 13.5. The average molecular weight is 392 g/mol. The number of ether oxygens (including phenoxy) is 2. The van der Waals surface area contributed by atoms with E-state index in [4.69, 9.17) is 15.2 Å². The van der Waals surface area contributed by atoms with Gasteiger partial charge in [0.1, 0.15) is 0 Å². The molecule has 1 aromatic carbocycles. The maximum absolute atomic E-state index is 12.0. The lowest BCUT2D eigenvalue weighted by atomic mass is 10.0. The summed E-state index contributed by atoms with van der Waals surface area (Å²) in [5.74, 6) is -0.333. The van der Waals surface area contributed by atoms with E-state index in [1.807, 2.05) is 0 Å². The number of unbranched alkanes of at least 4 members (excludes halogenated alkanes) is 6. The van der Waals surface area contributed by atoms with E-state index in [2.05, 4.69) is 13.8 Å². The number of benzene rings is 1. The zero-order valence-electron chi connectivity index (χ0n) is 17.6. The second-order valence-corrected chi connectivity index (χ2v) is 7.67. The number of nitrogens with two attached hydrogens (primary N) is 1. The van der Waals surface area contributed by atoms with Crippen LogP contribution in [0.3, 0.4) is 0 Å². The van der Waals surface area contributed by atoms with Gasteiger partial charge < -0.3 is 15.2 Å². The predicted molar refractivity (Wildman–Crippen MR) is 112 cm³/mol. The topological polar surface area (TPSA) is 78.6 Å². The molecule has 1 amide bonds. The van der Waals surface area contributed by atoms with E-state index < -0.39 is 11.9 Å². The molecule has 0 aromatic heterocycles. The lowest BCUT2D eigenvalue weighted by molar-refractivity contribution is 0.0441. The monoisotopic (exact) mass is 391 g/mol. The SMILES string of the molecule is CC(C)CCCCCCCCCOCCCOC(=O)c1ccccc1C(N)=O. The van der Waals surface area contributed by atoms with Crippen LogP contribution < -0.4 is 5.73 Å². The van der Waals surface area contributed by atoms with Crippen molar-refractivity contribution in [2.45, 2.75) is 71.6 Å². The van der Waals surface area contributed by atoms with E-state index in [1.54, 1.807) is 18.2 Å². The number of primary amides is 1. The molecule has 0 fully saturated rings. The van der Waals surface area contributed by atoms with E-state index >= 15 is 0 Å². The number of hydrogen-bond donors (Lipinski definition) is 1. The Balaban J connectivity index is 1.96. The van der Waals surface area contributed by atoms with Crippen molar-refractivity contribution in [2.75, 3.05) is 19.8 Å². The number of amides is 1. The number of rotatable bonds is 16. The fraction of sp³-hybridized carbons (Fsp3) is 0.652. The first kappa shape index (κ1) is 24.2. The number of esters is 1. The molecule has 0 aliphatic heterocycles. The Kier molecular flexibility index (Phi) is 13.0. The molecule has 1 aromatic rings. The highest BCUT2D eigenvalue weighted by atomic mass is 16.5. The first-order valence-electron chi connectivity index (χ1n) is 10.7. The second kappa shape index (κ2) is 15.1. The number of carbonyl (C=O) groups excluding carboxylic acids is 2. The van der Waals surface area contributed by atoms with Crippen molar-refractivity contribution in [1.82, 2.24) is 0 Å². The molecule has 5 heteroatoms. The molecule has 5 nitrogen and oxygen atoms in total. The fourth-order valence-electron chi connectivity index (χ4n) is 3.02. The third-order valence-corrected chi connectivity index (χ3v) is 4.65. The predicted octanol–water partition coefficient (Wildman–Crippen LogP) is 5.13. The lowest BCUT2D eigenvalue weighted by Crippen LogP contribution is -2.18. The van der Waals surface area contributed by atoms with Gasteiger partial charge >= 0.3 is 5.97 Å². The molecule has 0 spiro atoms. The minimum absolute atomic E-state index is 0.184. The van der Waals surface area contributed by atoms with Gasteiger partial charge in [-0.25, -0.2) is 4.79 Å². The van der Waals surface area contributed by atoms with Crippen molar-refractivity contribution in [2.24, 2.45) is 11.7 Å². The molecule has 0 heterocycles. The van der Waals surface area contributed by atoms with Gasteiger partial charge in [-0.3, -0.25) is 4.79 Å². The van der Waals surface area contributed by atoms with Crippen LogP contribution in [0.4, 0.5) is 0 Å². The molecule has 0 bridgehead atoms. The van der Waals surface area contributed by atoms with Gasteiger partial charge in [0.2, 0.25) is 5.91 Å². The molecular weight excluding hydrogens is 354 g/mol. The van der Waals surface area contributed by atoms with Crippen molar-refractivity contribution >= 4 is 11.9 Å². The molecular formula is C23H37NO4. The summed E-state index contributed by atoms with van der Waals surface area (Å²) in [5, 5.41) is 0. The van der Waals surface area contributed by atoms with E-state index in [1.165, 1.54) is 51.0 Å². The molecule has 1 rings (SSSR count). The maximum Gasteiger partial charge on any atom is 0.338 e. The van der Waals surface area contributed by atoms with Gasteiger partial charge in [-0.2, -0.15) is 0 Å². The zero-order valence-corrected chi connectivity index (χ0v) is 17.6. The van der Waals surface area contributed by atoms with Crippen molar-refractivity contribution < 1.29 is 19.1 Å². The van der Waals surface area contributed by atoms with E-state index in [-0.39, 0.29) is 17.7 Å². The van der Waals surface area contributed by atoms with E-state index in [9.17, 15) is 9.59 Å². The molecule has 0 unspecified atom stereocenters. The second-order valence-electron chi connectivity index (χ2n) is 7.67. The van der Waals surface area contributed by atoms with Crippen LogP contribution in [0.15, 0.2) is 24.3 Å². The van der Waals surface area contributed by atoms with Crippen molar-refractivity contribution in [3.8, 4) is 0 Å². The molecule has 0 radical (unpaired) electrons. The van der Waals surface area contributed by atoms with Gasteiger partial charge in [-0.15, -0.1) is 0 Å². The summed E-state index contributed by atoms with van der Waals surface area (Å²) in [4.78, 5) is 23.4. The average Bonchev–Trinajstić information content (AvgIpc) is 2.67. The van der Waals surface area contributed by atoms with Crippen molar-refractivity contribution in [1.29, 1.82) is 0 Å². The van der Waals surface area contributed by atoms with Crippen LogP contribution in [0.1, 0.15) is 92.4 Å². The minimum Gasteiger partial charge on any atom is -0.462 e. The number of carbonyl (C=O) groups is 2. The maximum atomic E-state index is 12.0. The first-order valence-corrected chi connectivity index (χ1v) is 10.7. The fourth-order valence-corrected chi connectivity index (χ4v) is 3.02. The van der Waals surface area contributed by atoms with Gasteiger partial charge in [0.05, 0.1) is 17.7 Å². The summed E-state index contributed by atoms with van der Waals surface area (Å²) in [6.45, 7) is 6.16. The Morgan fingerprint density at radius 1 is 0.821 bits per heavy atom. The summed E-state index contributed by atoms with van der Waals surface area (Å²) in [6, 6.07) is 6.41. The van der Waals surface area contributed by atoms with Crippen LogP contribution >= 0.6 is 0 Å². The Morgan fingerprint density at radius 2 is 1.39 bits per heavy atom. The smallest absolute Gasteiger partial charge is 0.338 e. The van der Waals surface area contributed by atoms with Crippen LogP contribution in [0.25, 0.3) is 0 Å². The van der Waals surface area contributed by atoms with Crippen LogP contribution in [0, 0.1) is 5.92 Å². The van der Waals surface area contributed by atoms with E-state index in [0.29, 0.717) is 13.0 Å². The van der Waals surface area contributed by atoms with Gasteiger partial charge in [0, 0.05) is 19.6 Å². The number of hydrogen-bond acceptors (Lipinski definition) is 4. The van der Waals surface area contributed by atoms with Gasteiger partial charge in [-0.05, 0) is 24.5 Å². The van der Waals surface area contributed by atoms with Gasteiger partial charge in [-0.1, -0.05) is 70.9 Å². The van der Waals surface area contributed by atoms with Gasteiger partial charge in [0.15, 0.2) is 0 Å². The Morgan fingerprint density at radius 3 is 2.04 bits per heavy atom. The summed E-state index contributed by atoms with van der Waals surface area (Å²) in [7, 11) is 0. The van der Waals surface area contributed by atoms with Crippen LogP contribution in [-0.4, -0.2) is 31.7 Å². The largest absolute Gasteiger partial charge is 0.462 e. The highest BCUT2D eigenvalue weighted by Gasteiger charge is 2.15. The van der Waals surface area contributed by atoms with Crippen molar-refractivity contribution in [3.63, 3.8) is 0 Å². The lowest BCUT2D eigenvalue weighted by Gasteiger charge is -2.08. The standard InChI is InChI=1S/C23H37NO4/c1-19(2)13-8-6-4-3-5-7-11-16-27-17-12-18-28-23(26)21-15-10-9-14-20(21)22(24)25/h9-10,14-15,19H,3-8,11-13,16-18H2,1-2H3,(H2,24,25). The molecule has 2 N–H and O–H groups in total. The molecule has 0 saturated heterocycles. The molecule has 0 aliphatic carbocycles. The molecule has 28 heavy (non-hydrogen) atoms. The molecule has 158 valence electrons. The van der Waals surface area contributed by atoms with Crippen molar-refractivity contribution in [3.05, 3.63) is 35.4 Å². The highest BCUT2D eigenvalue weighted by Crippen LogP contribution is 2.12.